The lowest BCUT2D eigenvalue weighted by Gasteiger charge is -2.02. The number of anilines is 1. The van der Waals surface area contributed by atoms with Crippen LogP contribution in [0, 0.1) is 30.3 Å². The summed E-state index contributed by atoms with van der Waals surface area (Å²) in [6, 6.07) is 4.95. The summed E-state index contributed by atoms with van der Waals surface area (Å²) in [5.74, 6) is -0.749. The van der Waals surface area contributed by atoms with Gasteiger partial charge in [0.2, 0.25) is 0 Å². The van der Waals surface area contributed by atoms with Gasteiger partial charge in [0.15, 0.2) is 10.9 Å². The van der Waals surface area contributed by atoms with Crippen LogP contribution in [0.2, 0.25) is 0 Å². The highest BCUT2D eigenvalue weighted by Gasteiger charge is 2.22. The van der Waals surface area contributed by atoms with Crippen molar-refractivity contribution in [2.24, 2.45) is 0 Å². The largest absolute Gasteiger partial charge is 0.494 e. The molecule has 0 aliphatic carbocycles. The van der Waals surface area contributed by atoms with Crippen LogP contribution < -0.4 is 10.1 Å². The number of nitrogens with zero attached hydrogens (tertiary/aromatic N) is 4. The molecule has 1 aromatic heterocycles. The predicted molar refractivity (Wildman–Crippen MR) is 101 cm³/mol. The van der Waals surface area contributed by atoms with Crippen LogP contribution >= 0.6 is 11.3 Å². The molecule has 0 saturated carbocycles. The average molecular weight is 419 g/mol. The summed E-state index contributed by atoms with van der Waals surface area (Å²) in [6.45, 7) is 0. The fraction of sp³-hybridized carbons (Fsp3) is 0.0667. The first kappa shape index (κ1) is 19.6. The standard InChI is InChI=1S/C15H9N5O8S/c1-28-11-5-10(20(26)27)6-12-13(11)16-15(29-12)17-14(21)7-2-8(18(22)23)4-9(3-7)19(24)25/h2-6H,1H3,(H,16,17,21). The molecule has 2 aromatic carbocycles. The number of aromatic nitrogens is 1. The topological polar surface area (TPSA) is 181 Å². The van der Waals surface area contributed by atoms with Crippen molar-refractivity contribution >= 4 is 49.7 Å². The van der Waals surface area contributed by atoms with Crippen molar-refractivity contribution in [3.05, 3.63) is 66.2 Å². The minimum Gasteiger partial charge on any atom is -0.494 e. The lowest BCUT2D eigenvalue weighted by atomic mass is 10.1. The number of rotatable bonds is 6. The number of nitrogens with one attached hydrogen (secondary N) is 1. The number of ether oxygens (including phenoxy) is 1. The third-order valence-electron chi connectivity index (χ3n) is 3.68. The van der Waals surface area contributed by atoms with Crippen LogP contribution in [0.5, 0.6) is 5.75 Å². The van der Waals surface area contributed by atoms with E-state index in [2.05, 4.69) is 10.3 Å². The normalized spacial score (nSPS) is 10.5. The Bertz CT molecular complexity index is 1160. The lowest BCUT2D eigenvalue weighted by Crippen LogP contribution is -2.12. The number of benzene rings is 2. The number of carbonyl (C=O) groups excluding carboxylic acids is 1. The summed E-state index contributed by atoms with van der Waals surface area (Å²) >= 11 is 0.907. The molecule has 148 valence electrons. The van der Waals surface area contributed by atoms with Gasteiger partial charge in [0.1, 0.15) is 5.52 Å². The molecule has 0 aliphatic rings. The summed E-state index contributed by atoms with van der Waals surface area (Å²) in [7, 11) is 1.30. The maximum atomic E-state index is 12.4. The highest BCUT2D eigenvalue weighted by Crippen LogP contribution is 2.36. The van der Waals surface area contributed by atoms with E-state index in [4.69, 9.17) is 4.74 Å². The Morgan fingerprint density at radius 2 is 1.52 bits per heavy atom. The SMILES string of the molecule is COc1cc([N+](=O)[O-])cc2sc(NC(=O)c3cc([N+](=O)[O-])cc([N+](=O)[O-])c3)nc12. The van der Waals surface area contributed by atoms with Gasteiger partial charge in [-0.15, -0.1) is 0 Å². The van der Waals surface area contributed by atoms with Gasteiger partial charge in [0.05, 0.1) is 44.3 Å². The van der Waals surface area contributed by atoms with Crippen molar-refractivity contribution in [3.8, 4) is 5.75 Å². The Hall–Kier alpha value is -4.20. The van der Waals surface area contributed by atoms with E-state index in [0.29, 0.717) is 4.70 Å². The summed E-state index contributed by atoms with van der Waals surface area (Å²) in [5.41, 5.74) is -1.52. The minimum atomic E-state index is -0.871. The third kappa shape index (κ3) is 3.91. The van der Waals surface area contributed by atoms with Crippen molar-refractivity contribution in [1.82, 2.24) is 4.98 Å². The van der Waals surface area contributed by atoms with E-state index in [1.807, 2.05) is 0 Å². The molecule has 0 radical (unpaired) electrons. The maximum absolute atomic E-state index is 12.4. The monoisotopic (exact) mass is 419 g/mol. The van der Waals surface area contributed by atoms with Gasteiger partial charge in [-0.1, -0.05) is 11.3 Å². The van der Waals surface area contributed by atoms with Gasteiger partial charge in [0.25, 0.3) is 23.0 Å². The first-order chi connectivity index (χ1) is 13.7. The molecule has 3 rings (SSSR count). The molecule has 0 bridgehead atoms. The molecule has 0 atom stereocenters. The smallest absolute Gasteiger partial charge is 0.277 e. The Morgan fingerprint density at radius 1 is 0.966 bits per heavy atom. The highest BCUT2D eigenvalue weighted by molar-refractivity contribution is 7.22. The number of thiazole rings is 1. The fourth-order valence-electron chi connectivity index (χ4n) is 2.41. The van der Waals surface area contributed by atoms with Crippen LogP contribution in [0.4, 0.5) is 22.2 Å². The number of amides is 1. The van der Waals surface area contributed by atoms with E-state index < -0.39 is 32.1 Å². The van der Waals surface area contributed by atoms with Crippen LogP contribution in [0.1, 0.15) is 10.4 Å². The molecule has 1 amide bonds. The Labute approximate surface area is 164 Å². The second-order valence-corrected chi connectivity index (χ2v) is 6.51. The molecular formula is C15H9N5O8S. The Kier molecular flexibility index (Phi) is 5.01. The predicted octanol–water partition coefficient (Wildman–Crippen LogP) is 3.28. The Morgan fingerprint density at radius 3 is 2.03 bits per heavy atom. The highest BCUT2D eigenvalue weighted by atomic mass is 32.1. The summed E-state index contributed by atoms with van der Waals surface area (Å²) < 4.78 is 5.44. The molecular weight excluding hydrogens is 410 g/mol. The molecule has 14 heteroatoms. The zero-order valence-corrected chi connectivity index (χ0v) is 15.2. The molecule has 0 unspecified atom stereocenters. The molecule has 1 N–H and O–H groups in total. The van der Waals surface area contributed by atoms with Crippen LogP contribution in [-0.2, 0) is 0 Å². The minimum absolute atomic E-state index is 0.0259. The van der Waals surface area contributed by atoms with Gasteiger partial charge in [-0.2, -0.15) is 0 Å². The molecule has 0 fully saturated rings. The molecule has 1 heterocycles. The molecule has 0 aliphatic heterocycles. The van der Waals surface area contributed by atoms with Gasteiger partial charge < -0.3 is 4.74 Å². The number of fused-ring (bicyclic) bond motifs is 1. The number of nitro groups is 3. The van der Waals surface area contributed by atoms with E-state index in [0.717, 1.165) is 29.5 Å². The van der Waals surface area contributed by atoms with E-state index in [1.54, 1.807) is 0 Å². The summed E-state index contributed by atoms with van der Waals surface area (Å²) in [5, 5.41) is 35.3. The molecule has 3 aromatic rings. The number of carbonyl (C=O) groups is 1. The van der Waals surface area contributed by atoms with E-state index in [-0.39, 0.29) is 27.6 Å². The zero-order chi connectivity index (χ0) is 21.3. The van der Waals surface area contributed by atoms with E-state index >= 15 is 0 Å². The second-order valence-electron chi connectivity index (χ2n) is 5.48. The van der Waals surface area contributed by atoms with Crippen molar-refractivity contribution in [2.45, 2.75) is 0 Å². The number of non-ortho nitro benzene ring substituents is 3. The molecule has 0 spiro atoms. The quantitative estimate of drug-likeness (QED) is 0.463. The van der Waals surface area contributed by atoms with Gasteiger partial charge >= 0.3 is 0 Å². The fourth-order valence-corrected chi connectivity index (χ4v) is 3.32. The van der Waals surface area contributed by atoms with E-state index in [1.165, 1.54) is 19.2 Å². The average Bonchev–Trinajstić information content (AvgIpc) is 3.08. The first-order valence-electron chi connectivity index (χ1n) is 7.57. The molecule has 13 nitrogen and oxygen atoms in total. The first-order valence-corrected chi connectivity index (χ1v) is 8.39. The lowest BCUT2D eigenvalue weighted by molar-refractivity contribution is -0.394. The van der Waals surface area contributed by atoms with Crippen LogP contribution in [0.25, 0.3) is 10.2 Å². The Balaban J connectivity index is 1.99. The number of methoxy groups -OCH3 is 1. The third-order valence-corrected chi connectivity index (χ3v) is 4.60. The number of nitro benzene ring substituents is 3. The van der Waals surface area contributed by atoms with Gasteiger partial charge in [-0.3, -0.25) is 40.5 Å². The summed E-state index contributed by atoms with van der Waals surface area (Å²) in [4.78, 5) is 47.2. The number of hydrogen-bond donors (Lipinski definition) is 1. The van der Waals surface area contributed by atoms with Gasteiger partial charge in [-0.05, 0) is 0 Å². The second kappa shape index (κ2) is 7.43. The molecule has 29 heavy (non-hydrogen) atoms. The van der Waals surface area contributed by atoms with Crippen LogP contribution in [0.15, 0.2) is 30.3 Å². The van der Waals surface area contributed by atoms with Crippen molar-refractivity contribution in [2.75, 3.05) is 12.4 Å². The summed E-state index contributed by atoms with van der Waals surface area (Å²) in [6.07, 6.45) is 0. The van der Waals surface area contributed by atoms with Crippen molar-refractivity contribution in [1.29, 1.82) is 0 Å². The molecule has 0 saturated heterocycles. The zero-order valence-electron chi connectivity index (χ0n) is 14.3. The van der Waals surface area contributed by atoms with Gasteiger partial charge in [0, 0.05) is 18.2 Å². The number of hydrogen-bond acceptors (Lipinski definition) is 10. The van der Waals surface area contributed by atoms with Crippen LogP contribution in [0.3, 0.4) is 0 Å². The van der Waals surface area contributed by atoms with E-state index in [9.17, 15) is 35.1 Å². The van der Waals surface area contributed by atoms with Crippen LogP contribution in [-0.4, -0.2) is 32.8 Å². The van der Waals surface area contributed by atoms with Crippen molar-refractivity contribution in [3.63, 3.8) is 0 Å². The van der Waals surface area contributed by atoms with Gasteiger partial charge in [-0.25, -0.2) is 4.98 Å². The van der Waals surface area contributed by atoms with Crippen molar-refractivity contribution < 1.29 is 24.3 Å². The maximum Gasteiger partial charge on any atom is 0.277 e.